The Bertz CT molecular complexity index is 312. The van der Waals surface area contributed by atoms with Gasteiger partial charge >= 0.3 is 5.97 Å². The zero-order chi connectivity index (χ0) is 9.84. The fraction of sp³-hybridized carbons (Fsp3) is 0.333. The molecule has 4 heteroatoms. The minimum Gasteiger partial charge on any atom is -0.468 e. The lowest BCUT2D eigenvalue weighted by molar-refractivity contribution is -0.142. The third-order valence-corrected chi connectivity index (χ3v) is 1.68. The van der Waals surface area contributed by atoms with E-state index >= 15 is 0 Å². The van der Waals surface area contributed by atoms with Gasteiger partial charge in [0.25, 0.3) is 0 Å². The molecular formula is C9H12N2O2. The SMILES string of the molecule is COC(=O)C(N)c1cccc(C)n1. The van der Waals surface area contributed by atoms with E-state index in [1.165, 1.54) is 7.11 Å². The summed E-state index contributed by atoms with van der Waals surface area (Å²) in [5.74, 6) is -0.474. The molecule has 70 valence electrons. The summed E-state index contributed by atoms with van der Waals surface area (Å²) in [5.41, 5.74) is 6.95. The minimum absolute atomic E-state index is 0.474. The maximum absolute atomic E-state index is 11.0. The zero-order valence-corrected chi connectivity index (χ0v) is 7.65. The van der Waals surface area contributed by atoms with Crippen LogP contribution in [0.2, 0.25) is 0 Å². The monoisotopic (exact) mass is 180 g/mol. The smallest absolute Gasteiger partial charge is 0.328 e. The second kappa shape index (κ2) is 4.00. The van der Waals surface area contributed by atoms with Crippen LogP contribution in [-0.2, 0) is 9.53 Å². The average molecular weight is 180 g/mol. The normalized spacial score (nSPS) is 12.2. The van der Waals surface area contributed by atoms with Crippen molar-refractivity contribution < 1.29 is 9.53 Å². The first-order chi connectivity index (χ1) is 6.15. The van der Waals surface area contributed by atoms with E-state index in [0.717, 1.165) is 5.69 Å². The summed E-state index contributed by atoms with van der Waals surface area (Å²) in [6, 6.07) is 4.56. The van der Waals surface area contributed by atoms with Crippen LogP contribution in [0.5, 0.6) is 0 Å². The van der Waals surface area contributed by atoms with Crippen molar-refractivity contribution in [3.8, 4) is 0 Å². The van der Waals surface area contributed by atoms with Crippen molar-refractivity contribution in [3.63, 3.8) is 0 Å². The van der Waals surface area contributed by atoms with Gasteiger partial charge in [-0.05, 0) is 19.1 Å². The van der Waals surface area contributed by atoms with Gasteiger partial charge in [-0.15, -0.1) is 0 Å². The molecule has 1 aromatic rings. The van der Waals surface area contributed by atoms with Crippen molar-refractivity contribution in [1.29, 1.82) is 0 Å². The van der Waals surface area contributed by atoms with Gasteiger partial charge in [-0.25, -0.2) is 4.79 Å². The molecule has 13 heavy (non-hydrogen) atoms. The van der Waals surface area contributed by atoms with Gasteiger partial charge in [0.05, 0.1) is 12.8 Å². The predicted octanol–water partition coefficient (Wildman–Crippen LogP) is 0.563. The number of nitrogens with zero attached hydrogens (tertiary/aromatic N) is 1. The molecule has 0 aliphatic heterocycles. The first-order valence-electron chi connectivity index (χ1n) is 3.92. The summed E-state index contributed by atoms with van der Waals surface area (Å²) in [4.78, 5) is 15.2. The second-order valence-corrected chi connectivity index (χ2v) is 2.70. The lowest BCUT2D eigenvalue weighted by Crippen LogP contribution is -2.23. The number of carbonyl (C=O) groups excluding carboxylic acids is 1. The summed E-state index contributed by atoms with van der Waals surface area (Å²) in [7, 11) is 1.30. The molecule has 2 N–H and O–H groups in total. The number of rotatable bonds is 2. The molecule has 1 rings (SSSR count). The van der Waals surface area contributed by atoms with E-state index in [1.807, 2.05) is 13.0 Å². The number of pyridine rings is 1. The molecule has 0 amide bonds. The van der Waals surface area contributed by atoms with E-state index < -0.39 is 12.0 Å². The van der Waals surface area contributed by atoms with Crippen LogP contribution in [0.3, 0.4) is 0 Å². The van der Waals surface area contributed by atoms with E-state index in [1.54, 1.807) is 12.1 Å². The van der Waals surface area contributed by atoms with Crippen LogP contribution in [0.25, 0.3) is 0 Å². The van der Waals surface area contributed by atoms with Gasteiger partial charge in [-0.3, -0.25) is 4.98 Å². The number of hydrogen-bond donors (Lipinski definition) is 1. The number of carbonyl (C=O) groups is 1. The molecule has 1 aromatic heterocycles. The van der Waals surface area contributed by atoms with E-state index in [2.05, 4.69) is 9.72 Å². The molecule has 1 unspecified atom stereocenters. The van der Waals surface area contributed by atoms with E-state index in [9.17, 15) is 4.79 Å². The van der Waals surface area contributed by atoms with Crippen LogP contribution < -0.4 is 5.73 Å². The number of aryl methyl sites for hydroxylation is 1. The molecule has 4 nitrogen and oxygen atoms in total. The van der Waals surface area contributed by atoms with Crippen molar-refractivity contribution in [1.82, 2.24) is 4.98 Å². The standard InChI is InChI=1S/C9H12N2O2/c1-6-4-3-5-7(11-6)8(10)9(12)13-2/h3-5,8H,10H2,1-2H3. The van der Waals surface area contributed by atoms with Crippen molar-refractivity contribution in [2.24, 2.45) is 5.73 Å². The summed E-state index contributed by atoms with van der Waals surface area (Å²) in [5, 5.41) is 0. The number of nitrogens with two attached hydrogens (primary N) is 1. The molecule has 0 aliphatic carbocycles. The minimum atomic E-state index is -0.787. The van der Waals surface area contributed by atoms with Crippen molar-refractivity contribution in [2.45, 2.75) is 13.0 Å². The zero-order valence-electron chi connectivity index (χ0n) is 7.65. The van der Waals surface area contributed by atoms with Gasteiger partial charge in [-0.2, -0.15) is 0 Å². The molecule has 0 aromatic carbocycles. The Morgan fingerprint density at radius 3 is 2.85 bits per heavy atom. The van der Waals surface area contributed by atoms with Crippen molar-refractivity contribution in [3.05, 3.63) is 29.6 Å². The van der Waals surface area contributed by atoms with E-state index in [0.29, 0.717) is 5.69 Å². The molecule has 0 fully saturated rings. The van der Waals surface area contributed by atoms with Gasteiger partial charge < -0.3 is 10.5 Å². The van der Waals surface area contributed by atoms with Crippen molar-refractivity contribution in [2.75, 3.05) is 7.11 Å². The molecule has 1 atom stereocenters. The molecule has 0 spiro atoms. The van der Waals surface area contributed by atoms with Crippen LogP contribution in [0, 0.1) is 6.92 Å². The lowest BCUT2D eigenvalue weighted by Gasteiger charge is -2.08. The van der Waals surface area contributed by atoms with Gasteiger partial charge in [0.2, 0.25) is 0 Å². The van der Waals surface area contributed by atoms with E-state index in [4.69, 9.17) is 5.73 Å². The van der Waals surface area contributed by atoms with Gasteiger partial charge in [0.1, 0.15) is 6.04 Å². The maximum atomic E-state index is 11.0. The fourth-order valence-corrected chi connectivity index (χ4v) is 0.985. The Hall–Kier alpha value is -1.42. The molecule has 1 heterocycles. The van der Waals surface area contributed by atoms with Gasteiger partial charge in [-0.1, -0.05) is 6.07 Å². The fourth-order valence-electron chi connectivity index (χ4n) is 0.985. The second-order valence-electron chi connectivity index (χ2n) is 2.70. The predicted molar refractivity (Wildman–Crippen MR) is 47.9 cm³/mol. The highest BCUT2D eigenvalue weighted by molar-refractivity contribution is 5.76. The topological polar surface area (TPSA) is 65.2 Å². The largest absolute Gasteiger partial charge is 0.468 e. The van der Waals surface area contributed by atoms with Crippen LogP contribution >= 0.6 is 0 Å². The Morgan fingerprint density at radius 1 is 1.62 bits per heavy atom. The summed E-state index contributed by atoms with van der Waals surface area (Å²) < 4.78 is 4.50. The Balaban J connectivity index is 2.88. The highest BCUT2D eigenvalue weighted by atomic mass is 16.5. The number of hydrogen-bond acceptors (Lipinski definition) is 4. The molecule has 0 aliphatic rings. The first kappa shape index (κ1) is 9.67. The third kappa shape index (κ3) is 2.26. The number of methoxy groups -OCH3 is 1. The Kier molecular flexibility index (Phi) is 2.97. The summed E-state index contributed by atoms with van der Waals surface area (Å²) in [6.07, 6.45) is 0. The van der Waals surface area contributed by atoms with Crippen LogP contribution in [0.1, 0.15) is 17.4 Å². The number of aromatic nitrogens is 1. The third-order valence-electron chi connectivity index (χ3n) is 1.68. The lowest BCUT2D eigenvalue weighted by atomic mass is 10.2. The maximum Gasteiger partial charge on any atom is 0.328 e. The highest BCUT2D eigenvalue weighted by Crippen LogP contribution is 2.08. The highest BCUT2D eigenvalue weighted by Gasteiger charge is 2.16. The molecular weight excluding hydrogens is 168 g/mol. The van der Waals surface area contributed by atoms with Crippen LogP contribution in [-0.4, -0.2) is 18.1 Å². The Morgan fingerprint density at radius 2 is 2.31 bits per heavy atom. The average Bonchev–Trinajstić information content (AvgIpc) is 2.15. The molecule has 0 saturated carbocycles. The molecule has 0 radical (unpaired) electrons. The molecule has 0 bridgehead atoms. The summed E-state index contributed by atoms with van der Waals surface area (Å²) >= 11 is 0. The Labute approximate surface area is 76.7 Å². The number of ether oxygens (including phenoxy) is 1. The van der Waals surface area contributed by atoms with Gasteiger partial charge in [0.15, 0.2) is 0 Å². The van der Waals surface area contributed by atoms with Gasteiger partial charge in [0, 0.05) is 5.69 Å². The molecule has 0 saturated heterocycles. The van der Waals surface area contributed by atoms with Crippen LogP contribution in [0.15, 0.2) is 18.2 Å². The van der Waals surface area contributed by atoms with Crippen molar-refractivity contribution >= 4 is 5.97 Å². The van der Waals surface area contributed by atoms with Crippen LogP contribution in [0.4, 0.5) is 0 Å². The first-order valence-corrected chi connectivity index (χ1v) is 3.92. The van der Waals surface area contributed by atoms with E-state index in [-0.39, 0.29) is 0 Å². The number of esters is 1. The quantitative estimate of drug-likeness (QED) is 0.675. The summed E-state index contributed by atoms with van der Waals surface area (Å²) in [6.45, 7) is 1.84.